The molecule has 1 N–H and O–H groups in total. The van der Waals surface area contributed by atoms with E-state index in [0.717, 1.165) is 42.2 Å². The summed E-state index contributed by atoms with van der Waals surface area (Å²) in [5.41, 5.74) is 1.68. The summed E-state index contributed by atoms with van der Waals surface area (Å²) >= 11 is 0. The van der Waals surface area contributed by atoms with E-state index < -0.39 is 27.7 Å². The normalized spacial score (nSPS) is 12.6. The van der Waals surface area contributed by atoms with E-state index in [9.17, 15) is 18.0 Å². The van der Waals surface area contributed by atoms with Gasteiger partial charge in [0.15, 0.2) is 0 Å². The molecular weight excluding hydrogens is 454 g/mol. The van der Waals surface area contributed by atoms with Gasteiger partial charge in [0.2, 0.25) is 10.0 Å². The summed E-state index contributed by atoms with van der Waals surface area (Å²) < 4.78 is 39.0. The van der Waals surface area contributed by atoms with Gasteiger partial charge in [-0.3, -0.25) is 0 Å². The van der Waals surface area contributed by atoms with Crippen LogP contribution < -0.4 is 15.1 Å². The molecule has 0 aliphatic heterocycles. The number of nitrogens with one attached hydrogen (secondary N) is 1. The molecule has 1 aromatic heterocycles. The van der Waals surface area contributed by atoms with Crippen LogP contribution in [0.15, 0.2) is 62.6 Å². The Hall–Kier alpha value is -2.97. The van der Waals surface area contributed by atoms with Crippen molar-refractivity contribution in [3.63, 3.8) is 0 Å². The van der Waals surface area contributed by atoms with Crippen molar-refractivity contribution in [3.05, 3.63) is 70.1 Å². The summed E-state index contributed by atoms with van der Waals surface area (Å²) in [6.45, 7) is 5.90. The fourth-order valence-electron chi connectivity index (χ4n) is 3.64. The van der Waals surface area contributed by atoms with Crippen molar-refractivity contribution in [3.8, 4) is 5.75 Å². The van der Waals surface area contributed by atoms with Crippen LogP contribution in [0.25, 0.3) is 11.0 Å². The smallest absolute Gasteiger partial charge is 0.336 e. The molecule has 2 aromatic carbocycles. The molecule has 0 radical (unpaired) electrons. The first kappa shape index (κ1) is 25.6. The minimum absolute atomic E-state index is 0.0829. The SMILES string of the molecule is CCCCc1cc(=O)oc2cc(OC(=O)[C@H](CCCC)NS(=O)(=O)c3ccc(C)cc3)ccc12. The number of carbonyl (C=O) groups is 1. The standard InChI is InChI=1S/C26H31NO6S/c1-4-6-8-19-16-25(28)33-24-17-20(12-15-22(19)24)32-26(29)23(9-7-5-2)27-34(30,31)21-13-10-18(3)11-14-21/h10-17,23,27H,4-9H2,1-3H3/t23-/m0/s1. The van der Waals surface area contributed by atoms with Crippen LogP contribution in [0, 0.1) is 6.92 Å². The van der Waals surface area contributed by atoms with E-state index in [1.165, 1.54) is 24.3 Å². The molecule has 3 aromatic rings. The number of hydrogen-bond acceptors (Lipinski definition) is 6. The Bertz CT molecular complexity index is 1300. The van der Waals surface area contributed by atoms with Gasteiger partial charge in [-0.1, -0.05) is 50.8 Å². The van der Waals surface area contributed by atoms with Crippen molar-refractivity contribution >= 4 is 27.0 Å². The van der Waals surface area contributed by atoms with E-state index in [2.05, 4.69) is 11.6 Å². The fraction of sp³-hybridized carbons (Fsp3) is 0.385. The average Bonchev–Trinajstić information content (AvgIpc) is 2.80. The summed E-state index contributed by atoms with van der Waals surface area (Å²) in [6, 6.07) is 11.7. The first-order valence-corrected chi connectivity index (χ1v) is 13.1. The van der Waals surface area contributed by atoms with Crippen LogP contribution in [0.5, 0.6) is 5.75 Å². The topological polar surface area (TPSA) is 103 Å². The first-order valence-electron chi connectivity index (χ1n) is 11.6. The van der Waals surface area contributed by atoms with E-state index in [0.29, 0.717) is 18.4 Å². The summed E-state index contributed by atoms with van der Waals surface area (Å²) in [6.07, 6.45) is 4.41. The molecular formula is C26H31NO6S. The van der Waals surface area contributed by atoms with Crippen molar-refractivity contribution in [2.24, 2.45) is 0 Å². The third-order valence-corrected chi connectivity index (χ3v) is 7.07. The molecule has 1 heterocycles. The number of rotatable bonds is 11. The molecule has 1 atom stereocenters. The monoisotopic (exact) mass is 485 g/mol. The van der Waals surface area contributed by atoms with Gasteiger partial charge in [0.1, 0.15) is 17.4 Å². The minimum Gasteiger partial charge on any atom is -0.425 e. The molecule has 8 heteroatoms. The van der Waals surface area contributed by atoms with E-state index in [1.54, 1.807) is 24.3 Å². The highest BCUT2D eigenvalue weighted by Crippen LogP contribution is 2.24. The zero-order valence-electron chi connectivity index (χ0n) is 19.8. The molecule has 0 fully saturated rings. The maximum atomic E-state index is 13.0. The Morgan fingerprint density at radius 3 is 2.41 bits per heavy atom. The molecule has 0 aliphatic carbocycles. The number of ether oxygens (including phenoxy) is 1. The number of hydrogen-bond donors (Lipinski definition) is 1. The highest BCUT2D eigenvalue weighted by atomic mass is 32.2. The number of fused-ring (bicyclic) bond motifs is 1. The number of sulfonamides is 1. The second kappa shape index (κ2) is 11.4. The van der Waals surface area contributed by atoms with Gasteiger partial charge >= 0.3 is 11.6 Å². The predicted octanol–water partition coefficient (Wildman–Crippen LogP) is 4.89. The van der Waals surface area contributed by atoms with Crippen LogP contribution in [-0.4, -0.2) is 20.4 Å². The molecule has 3 rings (SSSR count). The van der Waals surface area contributed by atoms with Gasteiger partial charge in [-0.05, 0) is 56.0 Å². The molecule has 0 aliphatic rings. The summed E-state index contributed by atoms with van der Waals surface area (Å²) in [4.78, 5) is 25.0. The molecule has 0 spiro atoms. The van der Waals surface area contributed by atoms with Crippen LogP contribution in [0.1, 0.15) is 57.1 Å². The Kier molecular flexibility index (Phi) is 8.63. The van der Waals surface area contributed by atoms with Crippen LogP contribution in [-0.2, 0) is 21.2 Å². The number of esters is 1. The van der Waals surface area contributed by atoms with Gasteiger partial charge in [-0.15, -0.1) is 0 Å². The van der Waals surface area contributed by atoms with Crippen LogP contribution in [0.2, 0.25) is 0 Å². The van der Waals surface area contributed by atoms with Crippen LogP contribution >= 0.6 is 0 Å². The van der Waals surface area contributed by atoms with Crippen molar-refractivity contribution < 1.29 is 22.4 Å². The van der Waals surface area contributed by atoms with E-state index in [1.807, 2.05) is 13.8 Å². The van der Waals surface area contributed by atoms with E-state index in [4.69, 9.17) is 9.15 Å². The van der Waals surface area contributed by atoms with Gasteiger partial charge in [0, 0.05) is 17.5 Å². The Balaban J connectivity index is 1.83. The Morgan fingerprint density at radius 1 is 1.03 bits per heavy atom. The number of aryl methyl sites for hydroxylation is 2. The highest BCUT2D eigenvalue weighted by molar-refractivity contribution is 7.89. The average molecular weight is 486 g/mol. The second-order valence-electron chi connectivity index (χ2n) is 8.40. The lowest BCUT2D eigenvalue weighted by molar-refractivity contribution is -0.136. The first-order chi connectivity index (χ1) is 16.2. The lowest BCUT2D eigenvalue weighted by atomic mass is 10.0. The Labute approximate surface area is 200 Å². The molecule has 0 saturated carbocycles. The predicted molar refractivity (Wildman–Crippen MR) is 132 cm³/mol. The van der Waals surface area contributed by atoms with Gasteiger partial charge < -0.3 is 9.15 Å². The lowest BCUT2D eigenvalue weighted by Gasteiger charge is -2.18. The second-order valence-corrected chi connectivity index (χ2v) is 10.1. The van der Waals surface area contributed by atoms with Gasteiger partial charge in [0.25, 0.3) is 0 Å². The van der Waals surface area contributed by atoms with E-state index >= 15 is 0 Å². The van der Waals surface area contributed by atoms with Crippen molar-refractivity contribution in [1.29, 1.82) is 0 Å². The zero-order valence-corrected chi connectivity index (χ0v) is 20.6. The number of unbranched alkanes of at least 4 members (excludes halogenated alkanes) is 2. The van der Waals surface area contributed by atoms with Crippen molar-refractivity contribution in [2.75, 3.05) is 0 Å². The maximum Gasteiger partial charge on any atom is 0.336 e. The quantitative estimate of drug-likeness (QED) is 0.236. The Morgan fingerprint density at radius 2 is 1.74 bits per heavy atom. The third-order valence-electron chi connectivity index (χ3n) is 5.58. The van der Waals surface area contributed by atoms with Gasteiger partial charge in [-0.2, -0.15) is 4.72 Å². The van der Waals surface area contributed by atoms with Crippen LogP contribution in [0.4, 0.5) is 0 Å². The number of benzene rings is 2. The highest BCUT2D eigenvalue weighted by Gasteiger charge is 2.27. The molecule has 7 nitrogen and oxygen atoms in total. The molecule has 0 saturated heterocycles. The summed E-state index contributed by atoms with van der Waals surface area (Å²) in [5, 5.41) is 0.787. The molecule has 0 unspecified atom stereocenters. The maximum absolute atomic E-state index is 13.0. The fourth-order valence-corrected chi connectivity index (χ4v) is 4.86. The molecule has 0 bridgehead atoms. The summed E-state index contributed by atoms with van der Waals surface area (Å²) in [7, 11) is -3.91. The van der Waals surface area contributed by atoms with E-state index in [-0.39, 0.29) is 10.6 Å². The lowest BCUT2D eigenvalue weighted by Crippen LogP contribution is -2.42. The number of carbonyl (C=O) groups excluding carboxylic acids is 1. The summed E-state index contributed by atoms with van der Waals surface area (Å²) in [5.74, 6) is -0.530. The van der Waals surface area contributed by atoms with Gasteiger partial charge in [0.05, 0.1) is 4.90 Å². The van der Waals surface area contributed by atoms with Crippen molar-refractivity contribution in [2.45, 2.75) is 70.2 Å². The van der Waals surface area contributed by atoms with Crippen molar-refractivity contribution in [1.82, 2.24) is 4.72 Å². The largest absolute Gasteiger partial charge is 0.425 e. The minimum atomic E-state index is -3.91. The molecule has 0 amide bonds. The molecule has 182 valence electrons. The van der Waals surface area contributed by atoms with Gasteiger partial charge in [-0.25, -0.2) is 18.0 Å². The molecule has 34 heavy (non-hydrogen) atoms. The zero-order chi connectivity index (χ0) is 24.7. The van der Waals surface area contributed by atoms with Crippen LogP contribution in [0.3, 0.4) is 0 Å². The third kappa shape index (κ3) is 6.55.